The summed E-state index contributed by atoms with van der Waals surface area (Å²) in [6.07, 6.45) is 12.2. The average molecular weight is 1140 g/mol. The van der Waals surface area contributed by atoms with Crippen molar-refractivity contribution in [2.75, 3.05) is 52.8 Å². The van der Waals surface area contributed by atoms with Gasteiger partial charge in [0.1, 0.15) is 12.1 Å². The summed E-state index contributed by atoms with van der Waals surface area (Å²) in [5, 5.41) is 21.3. The molecule has 3 aliphatic heterocycles. The number of fused-ring (bicyclic) bond motifs is 2. The second kappa shape index (κ2) is 32.1. The van der Waals surface area contributed by atoms with Gasteiger partial charge in [-0.15, -0.1) is 0 Å². The van der Waals surface area contributed by atoms with Crippen LogP contribution in [0.2, 0.25) is 0 Å². The fraction of sp³-hybridized carbons (Fsp3) is 0.651. The summed E-state index contributed by atoms with van der Waals surface area (Å²) in [4.78, 5) is 115. The largest absolute Gasteiger partial charge is 0.396 e. The Kier molecular flexibility index (Phi) is 25.5. The number of likely N-dealkylation sites (tertiary alicyclic amines) is 2. The van der Waals surface area contributed by atoms with Crippen molar-refractivity contribution in [3.63, 3.8) is 0 Å². The van der Waals surface area contributed by atoms with E-state index in [1.54, 1.807) is 55.1 Å². The summed E-state index contributed by atoms with van der Waals surface area (Å²) >= 11 is 0. The quantitative estimate of drug-likeness (QED) is 0.0406. The number of anilines is 1. The van der Waals surface area contributed by atoms with E-state index >= 15 is 0 Å². The molecule has 0 unspecified atom stereocenters. The lowest BCUT2D eigenvalue weighted by Gasteiger charge is -2.41. The molecule has 19 heteroatoms. The molecular weight excluding hydrogens is 1040 g/mol. The number of aliphatic hydroxyl groups is 1. The van der Waals surface area contributed by atoms with Crippen LogP contribution in [0.3, 0.4) is 0 Å². The Morgan fingerprint density at radius 2 is 1.46 bits per heavy atom. The number of hydrogen-bond acceptors (Lipinski definition) is 12. The van der Waals surface area contributed by atoms with E-state index in [1.807, 2.05) is 58.0 Å². The van der Waals surface area contributed by atoms with Gasteiger partial charge in [0.2, 0.25) is 35.4 Å². The predicted molar refractivity (Wildman–Crippen MR) is 313 cm³/mol. The highest BCUT2D eigenvalue weighted by atomic mass is 16.5. The van der Waals surface area contributed by atoms with Crippen LogP contribution in [0.1, 0.15) is 142 Å². The number of imide groups is 1. The fourth-order valence-electron chi connectivity index (χ4n) is 12.8. The summed E-state index contributed by atoms with van der Waals surface area (Å²) in [6.45, 7) is 11.8. The third-order valence-electron chi connectivity index (χ3n) is 17.6. The molecule has 5 N–H and O–H groups in total. The highest BCUT2D eigenvalue weighted by Gasteiger charge is 2.50. The maximum atomic E-state index is 14.8. The van der Waals surface area contributed by atoms with Crippen LogP contribution in [0.25, 0.3) is 0 Å². The highest BCUT2D eigenvalue weighted by Crippen LogP contribution is 2.43. The number of ether oxygens (including phenoxy) is 2. The number of unbranched alkanes of at least 4 members (excludes halogenated alkanes) is 5. The minimum absolute atomic E-state index is 0.0304. The molecule has 8 amide bonds. The van der Waals surface area contributed by atoms with Crippen LogP contribution in [0, 0.1) is 23.7 Å². The average Bonchev–Trinajstić information content (AvgIpc) is 4.44. The van der Waals surface area contributed by atoms with Crippen LogP contribution in [-0.4, -0.2) is 168 Å². The highest BCUT2D eigenvalue weighted by molar-refractivity contribution is 6.12. The molecular formula is C63H94N8O11. The fourth-order valence-corrected chi connectivity index (χ4v) is 12.8. The van der Waals surface area contributed by atoms with E-state index in [4.69, 9.17) is 9.47 Å². The third kappa shape index (κ3) is 17.5. The number of nitrogens with zero attached hydrogens (tertiary/aromatic N) is 4. The Morgan fingerprint density at radius 1 is 0.780 bits per heavy atom. The molecule has 1 aliphatic carbocycles. The van der Waals surface area contributed by atoms with E-state index in [-0.39, 0.29) is 85.2 Å². The van der Waals surface area contributed by atoms with Crippen LogP contribution < -0.4 is 21.3 Å². The lowest BCUT2D eigenvalue weighted by molar-refractivity contribution is -0.148. The summed E-state index contributed by atoms with van der Waals surface area (Å²) in [5.41, 5.74) is 2.16. The number of rotatable bonds is 34. The normalized spacial score (nSPS) is 21.2. The molecule has 2 aromatic rings. The molecule has 3 fully saturated rings. The molecule has 19 nitrogen and oxygen atoms in total. The van der Waals surface area contributed by atoms with Gasteiger partial charge in [-0.2, -0.15) is 0 Å². The Balaban J connectivity index is 1.05. The molecule has 82 heavy (non-hydrogen) atoms. The van der Waals surface area contributed by atoms with Crippen molar-refractivity contribution in [1.29, 1.82) is 0 Å². The van der Waals surface area contributed by atoms with Crippen molar-refractivity contribution in [3.8, 4) is 0 Å². The molecule has 0 radical (unpaired) electrons. The van der Waals surface area contributed by atoms with Crippen molar-refractivity contribution in [2.24, 2.45) is 23.7 Å². The maximum Gasteiger partial charge on any atom is 0.253 e. The van der Waals surface area contributed by atoms with E-state index < -0.39 is 54.1 Å². The number of aliphatic hydroxyl groups excluding tert-OH is 1. The summed E-state index contributed by atoms with van der Waals surface area (Å²) in [5.74, 6) is -2.92. The summed E-state index contributed by atoms with van der Waals surface area (Å²) in [6, 6.07) is 13.8. The number of amides is 8. The van der Waals surface area contributed by atoms with Crippen molar-refractivity contribution in [2.45, 2.75) is 192 Å². The molecule has 4 aliphatic rings. The number of likely N-dealkylation sites (N-methyl/N-ethyl adjacent to an activating group) is 1. The zero-order valence-electron chi connectivity index (χ0n) is 49.9. The monoisotopic (exact) mass is 1140 g/mol. The first kappa shape index (κ1) is 65.1. The SMILES string of the molecule is CC[C@H](C)[C@@H]([C@@H](CC(=O)N1CCC[C@H]1[C@H](OC)[C@@H](C)C(=O)N[C@@H](Cc1ccccc1)C(=O)Nc1ccc(CNC(=O)CCCCCN2C(=O)C=CC2=O)cc1)OC)N(C)C(=O)[C@@H](NC(=O)[C@@H]1[C@H]2CC[C@H](C2)N1CCCCCCO)C(C)C. The van der Waals surface area contributed by atoms with Crippen LogP contribution >= 0.6 is 0 Å². The van der Waals surface area contributed by atoms with Crippen molar-refractivity contribution < 1.29 is 52.9 Å². The van der Waals surface area contributed by atoms with Gasteiger partial charge in [0.05, 0.1) is 42.7 Å². The molecule has 2 bridgehead atoms. The topological polar surface area (TPSA) is 236 Å². The molecule has 1 saturated carbocycles. The molecule has 3 heterocycles. The predicted octanol–water partition coefficient (Wildman–Crippen LogP) is 5.92. The molecule has 452 valence electrons. The van der Waals surface area contributed by atoms with Gasteiger partial charge in [-0.05, 0) is 105 Å². The first-order chi connectivity index (χ1) is 39.4. The number of nitrogens with one attached hydrogen (secondary N) is 4. The van der Waals surface area contributed by atoms with Gasteiger partial charge < -0.3 is 45.6 Å². The number of carbonyl (C=O) groups is 8. The molecule has 2 saturated heterocycles. The van der Waals surface area contributed by atoms with E-state index in [9.17, 15) is 43.5 Å². The summed E-state index contributed by atoms with van der Waals surface area (Å²) < 4.78 is 12.3. The van der Waals surface area contributed by atoms with Crippen LogP contribution in [-0.2, 0) is 60.8 Å². The van der Waals surface area contributed by atoms with E-state index in [1.165, 1.54) is 24.2 Å². The Morgan fingerprint density at radius 3 is 2.12 bits per heavy atom. The van der Waals surface area contributed by atoms with Crippen molar-refractivity contribution >= 4 is 52.9 Å². The summed E-state index contributed by atoms with van der Waals surface area (Å²) in [7, 11) is 4.84. The lowest BCUT2D eigenvalue weighted by atomic mass is 9.89. The van der Waals surface area contributed by atoms with Gasteiger partial charge in [0.15, 0.2) is 0 Å². The third-order valence-corrected chi connectivity index (χ3v) is 17.6. The number of piperidine rings is 1. The number of carbonyl (C=O) groups excluding carboxylic acids is 8. The van der Waals surface area contributed by atoms with Gasteiger partial charge >= 0.3 is 0 Å². The second-order valence-corrected chi connectivity index (χ2v) is 23.6. The van der Waals surface area contributed by atoms with Crippen molar-refractivity contribution in [1.82, 2.24) is 35.6 Å². The maximum absolute atomic E-state index is 14.8. The van der Waals surface area contributed by atoms with E-state index in [0.29, 0.717) is 69.8 Å². The van der Waals surface area contributed by atoms with Crippen LogP contribution in [0.5, 0.6) is 0 Å². The first-order valence-corrected chi connectivity index (χ1v) is 30.2. The molecule has 11 atom stereocenters. The van der Waals surface area contributed by atoms with Gasteiger partial charge in [-0.25, -0.2) is 0 Å². The zero-order valence-corrected chi connectivity index (χ0v) is 49.9. The lowest BCUT2D eigenvalue weighted by Crippen LogP contribution is -2.60. The smallest absolute Gasteiger partial charge is 0.253 e. The Bertz CT molecular complexity index is 2460. The number of hydrogen-bond donors (Lipinski definition) is 5. The molecule has 0 aromatic heterocycles. The first-order valence-electron chi connectivity index (χ1n) is 30.2. The van der Waals surface area contributed by atoms with Gasteiger partial charge in [0, 0.05) is 84.2 Å². The van der Waals surface area contributed by atoms with Gasteiger partial charge in [-0.3, -0.25) is 48.2 Å². The zero-order chi connectivity index (χ0) is 59.5. The van der Waals surface area contributed by atoms with Gasteiger partial charge in [-0.1, -0.05) is 103 Å². The number of benzene rings is 2. The van der Waals surface area contributed by atoms with Crippen molar-refractivity contribution in [3.05, 3.63) is 77.9 Å². The molecule has 0 spiro atoms. The molecule has 6 rings (SSSR count). The van der Waals surface area contributed by atoms with Crippen LogP contribution in [0.15, 0.2) is 66.7 Å². The second-order valence-electron chi connectivity index (χ2n) is 23.6. The standard InChI is InChI=1S/C63H94N8O11/c1-9-42(4)57(68(6)63(80)56(41(2)3)67-62(79)58-46-27-30-48(38-46)69(58)33-17-10-11-19-36-72)51(81-7)39-55(76)70-35-20-23-50(70)59(82-8)43(5)60(77)66-49(37-44-21-14-12-15-22-44)61(78)65-47-28-25-45(26-29-47)40-64-52(73)24-16-13-18-34-71-53(74)31-32-54(71)75/h12,14-15,21-22,25-26,28-29,31-32,41-43,46,48-51,56-59,72H,9-11,13,16-20,23-24,27,30,33-40H2,1-8H3,(H,64,73)(H,65,78)(H,66,77)(H,67,79)/t42-,43+,46-,48+,49-,50-,51+,56-,57-,58-,59+/m0/s1. The van der Waals surface area contributed by atoms with Crippen LogP contribution in [0.4, 0.5) is 5.69 Å². The number of methoxy groups -OCH3 is 2. The van der Waals surface area contributed by atoms with E-state index in [0.717, 1.165) is 62.6 Å². The van der Waals surface area contributed by atoms with Gasteiger partial charge in [0.25, 0.3) is 11.8 Å². The Hall–Kier alpha value is -6.02. The molecule has 2 aromatic carbocycles. The minimum atomic E-state index is -0.975. The minimum Gasteiger partial charge on any atom is -0.396 e. The van der Waals surface area contributed by atoms with E-state index in [2.05, 4.69) is 26.2 Å². The Labute approximate surface area is 486 Å².